The summed E-state index contributed by atoms with van der Waals surface area (Å²) in [6.07, 6.45) is 7.24. The smallest absolute Gasteiger partial charge is 0.347 e. The molecule has 0 aliphatic heterocycles. The Kier molecular flexibility index (Phi) is 18.3. The Morgan fingerprint density at radius 3 is 1.25 bits per heavy atom. The lowest BCUT2D eigenvalue weighted by molar-refractivity contribution is -0.166. The summed E-state index contributed by atoms with van der Waals surface area (Å²) in [4.78, 5) is 46.9. The summed E-state index contributed by atoms with van der Waals surface area (Å²) < 4.78 is 20.2. The zero-order chi connectivity index (χ0) is 24.2. The Bertz CT molecular complexity index is 498. The minimum atomic E-state index is -0.875. The van der Waals surface area contributed by atoms with Gasteiger partial charge in [-0.1, -0.05) is 52.4 Å². The van der Waals surface area contributed by atoms with E-state index in [1.165, 1.54) is 13.8 Å². The van der Waals surface area contributed by atoms with E-state index in [0.29, 0.717) is 26.1 Å². The number of hydrogen-bond acceptors (Lipinski definition) is 8. The van der Waals surface area contributed by atoms with Crippen molar-refractivity contribution in [1.29, 1.82) is 0 Å². The predicted molar refractivity (Wildman–Crippen MR) is 120 cm³/mol. The molecule has 0 aromatic carbocycles. The summed E-state index contributed by atoms with van der Waals surface area (Å²) in [5.74, 6) is -1.80. The lowest BCUT2D eigenvalue weighted by atomic mass is 10.1. The molecule has 0 radical (unpaired) electrons. The van der Waals surface area contributed by atoms with Crippen molar-refractivity contribution in [3.63, 3.8) is 0 Å². The van der Waals surface area contributed by atoms with Crippen molar-refractivity contribution in [3.05, 3.63) is 0 Å². The zero-order valence-electron chi connectivity index (χ0n) is 20.3. The first-order valence-electron chi connectivity index (χ1n) is 12.0. The summed E-state index contributed by atoms with van der Waals surface area (Å²) in [5, 5.41) is 0. The molecule has 0 saturated heterocycles. The van der Waals surface area contributed by atoms with E-state index in [1.54, 1.807) is 0 Å². The Morgan fingerprint density at radius 1 is 0.562 bits per heavy atom. The second-order valence-electron chi connectivity index (χ2n) is 7.93. The van der Waals surface area contributed by atoms with Gasteiger partial charge in [0.25, 0.3) is 0 Å². The SMILES string of the molecule is CCCCOC(=O)C(C)OC(=O)CCCCCCCCC(=O)OC(C)C(=O)OCCCC. The first-order valence-corrected chi connectivity index (χ1v) is 12.0. The molecule has 0 aromatic heterocycles. The second-order valence-corrected chi connectivity index (χ2v) is 7.93. The van der Waals surface area contributed by atoms with E-state index < -0.39 is 36.1 Å². The number of carbonyl (C=O) groups is 4. The van der Waals surface area contributed by atoms with Crippen LogP contribution >= 0.6 is 0 Å². The molecule has 0 rings (SSSR count). The van der Waals surface area contributed by atoms with E-state index in [4.69, 9.17) is 18.9 Å². The van der Waals surface area contributed by atoms with Crippen LogP contribution in [-0.4, -0.2) is 49.3 Å². The molecule has 2 atom stereocenters. The zero-order valence-corrected chi connectivity index (χ0v) is 20.3. The van der Waals surface area contributed by atoms with Gasteiger partial charge < -0.3 is 18.9 Å². The van der Waals surface area contributed by atoms with Gasteiger partial charge in [0.05, 0.1) is 13.2 Å². The Balaban J connectivity index is 3.68. The summed E-state index contributed by atoms with van der Waals surface area (Å²) in [6.45, 7) is 7.74. The maximum absolute atomic E-state index is 11.8. The highest BCUT2D eigenvalue weighted by Gasteiger charge is 2.19. The van der Waals surface area contributed by atoms with E-state index in [9.17, 15) is 19.2 Å². The van der Waals surface area contributed by atoms with Gasteiger partial charge in [-0.25, -0.2) is 9.59 Å². The topological polar surface area (TPSA) is 105 Å². The molecule has 186 valence electrons. The fourth-order valence-corrected chi connectivity index (χ4v) is 2.72. The fraction of sp³-hybridized carbons (Fsp3) is 0.833. The highest BCUT2D eigenvalue weighted by Crippen LogP contribution is 2.11. The van der Waals surface area contributed by atoms with Crippen molar-refractivity contribution in [2.75, 3.05) is 13.2 Å². The molecule has 0 amide bonds. The molecule has 0 heterocycles. The number of rotatable bonds is 19. The van der Waals surface area contributed by atoms with Gasteiger partial charge in [0.1, 0.15) is 0 Å². The van der Waals surface area contributed by atoms with E-state index >= 15 is 0 Å². The fourth-order valence-electron chi connectivity index (χ4n) is 2.72. The van der Waals surface area contributed by atoms with Crippen molar-refractivity contribution in [3.8, 4) is 0 Å². The quantitative estimate of drug-likeness (QED) is 0.156. The molecule has 2 unspecified atom stereocenters. The monoisotopic (exact) mass is 458 g/mol. The summed E-state index contributed by atoms with van der Waals surface area (Å²) in [5.41, 5.74) is 0. The van der Waals surface area contributed by atoms with Crippen LogP contribution in [0.1, 0.15) is 105 Å². The van der Waals surface area contributed by atoms with Crippen LogP contribution in [0.25, 0.3) is 0 Å². The van der Waals surface area contributed by atoms with Crippen LogP contribution in [0.15, 0.2) is 0 Å². The van der Waals surface area contributed by atoms with Gasteiger partial charge in [-0.15, -0.1) is 0 Å². The van der Waals surface area contributed by atoms with Crippen molar-refractivity contribution < 1.29 is 38.1 Å². The van der Waals surface area contributed by atoms with Gasteiger partial charge in [0, 0.05) is 12.8 Å². The number of ether oxygens (including phenoxy) is 4. The molecular formula is C24H42O8. The third-order valence-corrected chi connectivity index (χ3v) is 4.78. The van der Waals surface area contributed by atoms with Crippen molar-refractivity contribution in [1.82, 2.24) is 0 Å². The highest BCUT2D eigenvalue weighted by molar-refractivity contribution is 5.79. The third kappa shape index (κ3) is 16.6. The average Bonchev–Trinajstić information content (AvgIpc) is 2.75. The van der Waals surface area contributed by atoms with Crippen molar-refractivity contribution in [2.45, 2.75) is 117 Å². The molecular weight excluding hydrogens is 416 g/mol. The second kappa shape index (κ2) is 19.6. The predicted octanol–water partition coefficient (Wildman–Crippen LogP) is 4.66. The molecule has 8 nitrogen and oxygen atoms in total. The molecule has 0 aromatic rings. The molecule has 8 heteroatoms. The van der Waals surface area contributed by atoms with Crippen molar-refractivity contribution >= 4 is 23.9 Å². The first-order chi connectivity index (χ1) is 15.3. The summed E-state index contributed by atoms with van der Waals surface area (Å²) >= 11 is 0. The molecule has 0 N–H and O–H groups in total. The molecule has 32 heavy (non-hydrogen) atoms. The largest absolute Gasteiger partial charge is 0.463 e. The molecule has 0 saturated carbocycles. The van der Waals surface area contributed by atoms with E-state index in [-0.39, 0.29) is 12.8 Å². The maximum Gasteiger partial charge on any atom is 0.347 e. The first kappa shape index (κ1) is 29.9. The number of unbranched alkanes of at least 4 members (excludes halogenated alkanes) is 7. The number of carbonyl (C=O) groups excluding carboxylic acids is 4. The van der Waals surface area contributed by atoms with Gasteiger partial charge in [-0.2, -0.15) is 0 Å². The van der Waals surface area contributed by atoms with Gasteiger partial charge in [0.15, 0.2) is 12.2 Å². The lowest BCUT2D eigenvalue weighted by Gasteiger charge is -2.13. The molecule has 0 aliphatic rings. The summed E-state index contributed by atoms with van der Waals surface area (Å²) in [7, 11) is 0. The van der Waals surface area contributed by atoms with Crippen LogP contribution in [0.4, 0.5) is 0 Å². The number of esters is 4. The van der Waals surface area contributed by atoms with Crippen molar-refractivity contribution in [2.24, 2.45) is 0 Å². The van der Waals surface area contributed by atoms with E-state index in [1.807, 2.05) is 13.8 Å². The minimum Gasteiger partial charge on any atom is -0.463 e. The van der Waals surface area contributed by atoms with Crippen LogP contribution in [0.5, 0.6) is 0 Å². The van der Waals surface area contributed by atoms with E-state index in [2.05, 4.69) is 0 Å². The van der Waals surface area contributed by atoms with Gasteiger partial charge in [0.2, 0.25) is 0 Å². The minimum absolute atomic E-state index is 0.269. The van der Waals surface area contributed by atoms with Crippen LogP contribution in [0, 0.1) is 0 Å². The average molecular weight is 459 g/mol. The van der Waals surface area contributed by atoms with Gasteiger partial charge >= 0.3 is 23.9 Å². The Labute approximate surface area is 192 Å². The number of hydrogen-bond donors (Lipinski definition) is 0. The maximum atomic E-state index is 11.8. The standard InChI is InChI=1S/C24H42O8/c1-5-7-17-29-23(27)19(3)31-21(25)15-13-11-9-10-12-14-16-22(26)32-20(4)24(28)30-18-8-6-2/h19-20H,5-18H2,1-4H3. The van der Waals surface area contributed by atoms with Gasteiger partial charge in [-0.3, -0.25) is 9.59 Å². The van der Waals surface area contributed by atoms with Crippen LogP contribution in [-0.2, 0) is 38.1 Å². The third-order valence-electron chi connectivity index (χ3n) is 4.78. The molecule has 0 bridgehead atoms. The Hall–Kier alpha value is -2.12. The highest BCUT2D eigenvalue weighted by atomic mass is 16.6. The Morgan fingerprint density at radius 2 is 0.906 bits per heavy atom. The van der Waals surface area contributed by atoms with Gasteiger partial charge in [-0.05, 0) is 39.5 Å². The molecule has 0 aliphatic carbocycles. The summed E-state index contributed by atoms with van der Waals surface area (Å²) in [6, 6.07) is 0. The molecule has 0 spiro atoms. The lowest BCUT2D eigenvalue weighted by Crippen LogP contribution is -2.26. The van der Waals surface area contributed by atoms with Crippen LogP contribution in [0.2, 0.25) is 0 Å². The van der Waals surface area contributed by atoms with Crippen LogP contribution in [0.3, 0.4) is 0 Å². The normalized spacial score (nSPS) is 12.5. The molecule has 0 fully saturated rings. The van der Waals surface area contributed by atoms with Crippen LogP contribution < -0.4 is 0 Å². The van der Waals surface area contributed by atoms with E-state index in [0.717, 1.165) is 51.4 Å².